The van der Waals surface area contributed by atoms with Crippen molar-refractivity contribution in [2.45, 2.75) is 45.7 Å². The Bertz CT molecular complexity index is 1630. The van der Waals surface area contributed by atoms with Crippen molar-refractivity contribution >= 4 is 46.3 Å². The lowest BCUT2D eigenvalue weighted by molar-refractivity contribution is 0.0697. The molecule has 0 amide bonds. The summed E-state index contributed by atoms with van der Waals surface area (Å²) >= 11 is 12.9. The molecule has 9 heteroatoms. The van der Waals surface area contributed by atoms with E-state index in [0.717, 1.165) is 58.7 Å². The third kappa shape index (κ3) is 5.14. The predicted molar refractivity (Wildman–Crippen MR) is 172 cm³/mol. The van der Waals surface area contributed by atoms with E-state index in [4.69, 9.17) is 28.8 Å². The summed E-state index contributed by atoms with van der Waals surface area (Å²) in [4.78, 5) is 20.7. The van der Waals surface area contributed by atoms with E-state index < -0.39 is 5.97 Å². The molecule has 2 atom stereocenters. The van der Waals surface area contributed by atoms with Crippen LogP contribution in [0.4, 0.5) is 11.4 Å². The molecule has 0 aliphatic carbocycles. The molecule has 6 rings (SSSR count). The second-order valence-corrected chi connectivity index (χ2v) is 12.1. The minimum absolute atomic E-state index is 0.191. The quantitative estimate of drug-likeness (QED) is 0.226. The van der Waals surface area contributed by atoms with E-state index in [0.29, 0.717) is 10.1 Å². The summed E-state index contributed by atoms with van der Waals surface area (Å²) < 4.78 is 2.16. The van der Waals surface area contributed by atoms with Gasteiger partial charge in [0, 0.05) is 42.0 Å². The maximum atomic E-state index is 11.4. The summed E-state index contributed by atoms with van der Waals surface area (Å²) in [5.74, 6) is -0.201. The molecule has 0 unspecified atom stereocenters. The molecule has 2 N–H and O–H groups in total. The number of rotatable bonds is 6. The number of benzene rings is 2. The molecule has 0 bridgehead atoms. The van der Waals surface area contributed by atoms with Gasteiger partial charge in [0.05, 0.1) is 34.1 Å². The van der Waals surface area contributed by atoms with Crippen LogP contribution in [0, 0.1) is 19.8 Å². The van der Waals surface area contributed by atoms with Crippen LogP contribution in [0.1, 0.15) is 64.9 Å². The van der Waals surface area contributed by atoms with Gasteiger partial charge in [0.25, 0.3) is 0 Å². The smallest absolute Gasteiger partial charge is 0.335 e. The Morgan fingerprint density at radius 2 is 1.74 bits per heavy atom. The zero-order valence-corrected chi connectivity index (χ0v) is 25.5. The lowest BCUT2D eigenvalue weighted by Gasteiger charge is -2.33. The number of aromatic carboxylic acids is 1. The first kappa shape index (κ1) is 28.2. The number of pyridine rings is 1. The molecule has 2 saturated heterocycles. The van der Waals surface area contributed by atoms with Crippen molar-refractivity contribution in [1.82, 2.24) is 14.9 Å². The Morgan fingerprint density at radius 3 is 2.38 bits per heavy atom. The van der Waals surface area contributed by atoms with E-state index in [2.05, 4.69) is 58.7 Å². The summed E-state index contributed by atoms with van der Waals surface area (Å²) in [6.45, 7) is 8.48. The Labute approximate surface area is 256 Å². The number of anilines is 2. The highest BCUT2D eigenvalue weighted by Gasteiger charge is 2.42. The van der Waals surface area contributed by atoms with Crippen molar-refractivity contribution in [2.75, 3.05) is 22.9 Å². The lowest BCUT2D eigenvalue weighted by Crippen LogP contribution is -2.33. The normalized spacial score (nSPS) is 19.3. The molecular weight excluding hydrogens is 566 g/mol. The van der Waals surface area contributed by atoms with Crippen LogP contribution < -0.4 is 15.1 Å². The van der Waals surface area contributed by atoms with Gasteiger partial charge in [0.2, 0.25) is 0 Å². The highest BCUT2D eigenvalue weighted by Crippen LogP contribution is 2.45. The van der Waals surface area contributed by atoms with Crippen molar-refractivity contribution in [2.24, 2.45) is 5.92 Å². The van der Waals surface area contributed by atoms with Crippen molar-refractivity contribution in [3.8, 4) is 5.69 Å². The van der Waals surface area contributed by atoms with Gasteiger partial charge in [0.1, 0.15) is 0 Å². The van der Waals surface area contributed by atoms with Gasteiger partial charge in [-0.15, -0.1) is 0 Å². The van der Waals surface area contributed by atoms with Crippen LogP contribution in [0.5, 0.6) is 0 Å². The third-order valence-corrected chi connectivity index (χ3v) is 9.21. The fourth-order valence-corrected chi connectivity index (χ4v) is 6.98. The number of halogens is 1. The average molecular weight is 600 g/mol. The van der Waals surface area contributed by atoms with Gasteiger partial charge in [0.15, 0.2) is 5.11 Å². The van der Waals surface area contributed by atoms with Crippen molar-refractivity contribution < 1.29 is 9.90 Å². The molecule has 4 aromatic rings. The Balaban J connectivity index is 1.42. The van der Waals surface area contributed by atoms with Crippen LogP contribution >= 0.6 is 23.8 Å². The van der Waals surface area contributed by atoms with E-state index in [1.54, 1.807) is 18.3 Å². The van der Waals surface area contributed by atoms with Crippen molar-refractivity contribution in [3.05, 3.63) is 106 Å². The lowest BCUT2D eigenvalue weighted by atomic mass is 9.96. The monoisotopic (exact) mass is 599 g/mol. The fourth-order valence-electron chi connectivity index (χ4n) is 6.34. The van der Waals surface area contributed by atoms with Gasteiger partial charge in [-0.3, -0.25) is 4.98 Å². The largest absolute Gasteiger partial charge is 0.478 e. The summed E-state index contributed by atoms with van der Waals surface area (Å²) in [6.07, 6.45) is 4.14. The molecule has 0 spiro atoms. The van der Waals surface area contributed by atoms with Gasteiger partial charge in [-0.2, -0.15) is 0 Å². The molecule has 0 saturated carbocycles. The number of thiocarbonyl (C=S) groups is 1. The van der Waals surface area contributed by atoms with Crippen LogP contribution in [0.2, 0.25) is 5.02 Å². The topological polar surface area (TPSA) is 73.6 Å². The maximum absolute atomic E-state index is 11.4. The van der Waals surface area contributed by atoms with E-state index in [1.165, 1.54) is 12.8 Å². The number of carboxylic acids is 1. The molecule has 2 aromatic carbocycles. The van der Waals surface area contributed by atoms with Crippen LogP contribution in [-0.2, 0) is 0 Å². The van der Waals surface area contributed by atoms with Gasteiger partial charge in [-0.1, -0.05) is 24.6 Å². The molecule has 2 fully saturated rings. The van der Waals surface area contributed by atoms with Crippen molar-refractivity contribution in [3.63, 3.8) is 0 Å². The van der Waals surface area contributed by atoms with Gasteiger partial charge in [-0.25, -0.2) is 4.79 Å². The number of hydrogen-bond donors (Lipinski definition) is 2. The number of aromatic nitrogens is 2. The zero-order chi connectivity index (χ0) is 29.5. The zero-order valence-electron chi connectivity index (χ0n) is 23.9. The molecule has 7 nitrogen and oxygen atoms in total. The molecule has 2 aromatic heterocycles. The average Bonchev–Trinajstić information content (AvgIpc) is 3.48. The predicted octanol–water partition coefficient (Wildman–Crippen LogP) is 7.25. The van der Waals surface area contributed by atoms with Gasteiger partial charge in [-0.05, 0) is 111 Å². The molecule has 2 aliphatic heterocycles. The van der Waals surface area contributed by atoms with E-state index in [-0.39, 0.29) is 17.6 Å². The molecule has 4 heterocycles. The van der Waals surface area contributed by atoms with Crippen LogP contribution in [-0.4, -0.2) is 38.8 Å². The summed E-state index contributed by atoms with van der Waals surface area (Å²) in [7, 11) is 0. The first-order valence-electron chi connectivity index (χ1n) is 14.3. The van der Waals surface area contributed by atoms with Crippen LogP contribution in [0.15, 0.2) is 72.9 Å². The number of piperidine rings is 1. The molecular formula is C33H34ClN5O2S. The number of nitrogens with one attached hydrogen (secondary N) is 1. The van der Waals surface area contributed by atoms with E-state index in [1.807, 2.05) is 36.4 Å². The second-order valence-electron chi connectivity index (χ2n) is 11.3. The Morgan fingerprint density at radius 1 is 1.02 bits per heavy atom. The standard InChI is InChI=1S/C33H34ClN5O2S/c1-20-13-16-37(17-14-20)29-12-11-25(19-27(29)34)39-31(30(36-33(39)42)28-6-4-5-15-35-28)26-18-21(2)38(22(26)3)24-9-7-23(8-10-24)32(40)41/h4-12,15,18-20,30-31H,13-14,16-17H2,1-3H3,(H,36,42)(H,40,41)/t30-,31+/m1/s1. The minimum atomic E-state index is -0.942. The number of aryl methyl sites for hydroxylation is 1. The minimum Gasteiger partial charge on any atom is -0.478 e. The molecule has 0 radical (unpaired) electrons. The number of hydrogen-bond acceptors (Lipinski definition) is 4. The number of carbonyl (C=O) groups is 1. The molecule has 42 heavy (non-hydrogen) atoms. The maximum Gasteiger partial charge on any atom is 0.335 e. The Kier molecular flexibility index (Phi) is 7.68. The fraction of sp³-hybridized carbons (Fsp3) is 0.303. The first-order chi connectivity index (χ1) is 20.2. The van der Waals surface area contributed by atoms with Crippen LogP contribution in [0.3, 0.4) is 0 Å². The summed E-state index contributed by atoms with van der Waals surface area (Å²) in [6, 6.07) is 21.0. The summed E-state index contributed by atoms with van der Waals surface area (Å²) in [5.41, 5.74) is 7.22. The van der Waals surface area contributed by atoms with E-state index >= 15 is 0 Å². The van der Waals surface area contributed by atoms with E-state index in [9.17, 15) is 9.90 Å². The first-order valence-corrected chi connectivity index (χ1v) is 15.1. The van der Waals surface area contributed by atoms with Crippen molar-refractivity contribution in [1.29, 1.82) is 0 Å². The van der Waals surface area contributed by atoms with Crippen LogP contribution in [0.25, 0.3) is 5.69 Å². The SMILES string of the molecule is Cc1cc([C@H]2[C@@H](c3ccccn3)NC(=S)N2c2ccc(N3CCC(C)CC3)c(Cl)c2)c(C)n1-c1ccc(C(=O)O)cc1. The molecule has 2 aliphatic rings. The second kappa shape index (κ2) is 11.4. The highest BCUT2D eigenvalue weighted by molar-refractivity contribution is 7.80. The molecule has 216 valence electrons. The number of carboxylic acid groups (broad SMARTS) is 1. The number of nitrogens with zero attached hydrogens (tertiary/aromatic N) is 4. The Hall–Kier alpha value is -3.88. The third-order valence-electron chi connectivity index (χ3n) is 8.59. The van der Waals surface area contributed by atoms with Gasteiger partial charge >= 0.3 is 5.97 Å². The summed E-state index contributed by atoms with van der Waals surface area (Å²) in [5, 5.41) is 14.3. The highest BCUT2D eigenvalue weighted by atomic mass is 35.5. The van der Waals surface area contributed by atoms with Gasteiger partial charge < -0.3 is 24.8 Å².